The fourth-order valence-corrected chi connectivity index (χ4v) is 1.45. The second-order valence-electron chi connectivity index (χ2n) is 3.37. The molecular formula is C9H8F3N3. The molecule has 0 saturated carbocycles. The van der Waals surface area contributed by atoms with Gasteiger partial charge in [-0.1, -0.05) is 0 Å². The number of hydrogen-bond acceptors (Lipinski definition) is 2. The Kier molecular flexibility index (Phi) is 1.95. The highest BCUT2D eigenvalue weighted by atomic mass is 19.4. The van der Waals surface area contributed by atoms with Crippen LogP contribution in [-0.2, 0) is 6.18 Å². The van der Waals surface area contributed by atoms with Crippen molar-refractivity contribution in [3.05, 3.63) is 29.2 Å². The molecule has 0 N–H and O–H groups in total. The van der Waals surface area contributed by atoms with Gasteiger partial charge in [0.25, 0.3) is 0 Å². The number of pyridine rings is 1. The van der Waals surface area contributed by atoms with Crippen LogP contribution in [0.15, 0.2) is 12.3 Å². The van der Waals surface area contributed by atoms with Crippen LogP contribution in [0.5, 0.6) is 0 Å². The number of aryl methyl sites for hydroxylation is 2. The molecule has 3 nitrogen and oxygen atoms in total. The molecule has 0 spiro atoms. The van der Waals surface area contributed by atoms with Crippen molar-refractivity contribution in [2.45, 2.75) is 20.0 Å². The zero-order valence-electron chi connectivity index (χ0n) is 8.13. The van der Waals surface area contributed by atoms with E-state index in [0.717, 1.165) is 6.07 Å². The molecule has 0 radical (unpaired) electrons. The van der Waals surface area contributed by atoms with Crippen LogP contribution in [0, 0.1) is 13.8 Å². The lowest BCUT2D eigenvalue weighted by Crippen LogP contribution is -2.08. The van der Waals surface area contributed by atoms with E-state index >= 15 is 0 Å². The van der Waals surface area contributed by atoms with Crippen LogP contribution in [0.3, 0.4) is 0 Å². The number of nitrogens with zero attached hydrogens (tertiary/aromatic N) is 3. The number of rotatable bonds is 0. The maximum atomic E-state index is 12.6. The highest BCUT2D eigenvalue weighted by Gasteiger charge is 2.34. The first-order valence-corrected chi connectivity index (χ1v) is 4.29. The summed E-state index contributed by atoms with van der Waals surface area (Å²) in [6.07, 6.45) is -2.81. The van der Waals surface area contributed by atoms with Crippen molar-refractivity contribution in [3.63, 3.8) is 0 Å². The third kappa shape index (κ3) is 1.55. The maximum Gasteiger partial charge on any atom is 0.420 e. The van der Waals surface area contributed by atoms with Crippen molar-refractivity contribution < 1.29 is 13.2 Å². The van der Waals surface area contributed by atoms with Crippen molar-refractivity contribution in [1.29, 1.82) is 0 Å². The molecule has 0 aromatic carbocycles. The second kappa shape index (κ2) is 2.95. The van der Waals surface area contributed by atoms with Gasteiger partial charge in [-0.15, -0.1) is 10.2 Å². The third-order valence-electron chi connectivity index (χ3n) is 2.12. The summed E-state index contributed by atoms with van der Waals surface area (Å²) in [6, 6.07) is 1.07. The normalized spacial score (nSPS) is 12.3. The Morgan fingerprint density at radius 2 is 1.87 bits per heavy atom. The summed E-state index contributed by atoms with van der Waals surface area (Å²) >= 11 is 0. The van der Waals surface area contributed by atoms with Gasteiger partial charge in [0, 0.05) is 6.20 Å². The molecule has 2 heterocycles. The molecule has 0 aliphatic heterocycles. The molecule has 0 aliphatic carbocycles. The molecule has 0 saturated heterocycles. The van der Waals surface area contributed by atoms with E-state index in [9.17, 15) is 13.2 Å². The predicted molar refractivity (Wildman–Crippen MR) is 47.5 cm³/mol. The fourth-order valence-electron chi connectivity index (χ4n) is 1.45. The van der Waals surface area contributed by atoms with Crippen LogP contribution in [0.2, 0.25) is 0 Å². The van der Waals surface area contributed by atoms with Crippen LogP contribution in [0.25, 0.3) is 5.65 Å². The molecule has 0 fully saturated rings. The Labute approximate surface area is 83.5 Å². The summed E-state index contributed by atoms with van der Waals surface area (Å²) in [7, 11) is 0. The van der Waals surface area contributed by atoms with Gasteiger partial charge < -0.3 is 0 Å². The fraction of sp³-hybridized carbons (Fsp3) is 0.333. The average molecular weight is 215 g/mol. The first-order chi connectivity index (χ1) is 6.89. The Hall–Kier alpha value is -1.59. The monoisotopic (exact) mass is 215 g/mol. The molecule has 0 aliphatic rings. The quantitative estimate of drug-likeness (QED) is 0.675. The molecule has 0 bridgehead atoms. The SMILES string of the molecule is Cc1cc(C(F)(F)F)c2nnc(C)n2c1. The van der Waals surface area contributed by atoms with Crippen molar-refractivity contribution in [1.82, 2.24) is 14.6 Å². The Balaban J connectivity index is 2.84. The minimum Gasteiger partial charge on any atom is -0.286 e. The van der Waals surface area contributed by atoms with Gasteiger partial charge in [-0.3, -0.25) is 4.40 Å². The molecule has 6 heteroatoms. The molecule has 2 aromatic rings. The van der Waals surface area contributed by atoms with Gasteiger partial charge in [0.1, 0.15) is 11.4 Å². The molecular weight excluding hydrogens is 207 g/mol. The van der Waals surface area contributed by atoms with E-state index < -0.39 is 11.7 Å². The van der Waals surface area contributed by atoms with E-state index in [1.807, 2.05) is 0 Å². The highest BCUT2D eigenvalue weighted by Crippen LogP contribution is 2.32. The first-order valence-electron chi connectivity index (χ1n) is 4.29. The van der Waals surface area contributed by atoms with Gasteiger partial charge in [0.05, 0.1) is 0 Å². The number of fused-ring (bicyclic) bond motifs is 1. The largest absolute Gasteiger partial charge is 0.420 e. The summed E-state index contributed by atoms with van der Waals surface area (Å²) in [4.78, 5) is 0. The number of alkyl halides is 3. The van der Waals surface area contributed by atoms with Crippen molar-refractivity contribution >= 4 is 5.65 Å². The van der Waals surface area contributed by atoms with Gasteiger partial charge in [0.15, 0.2) is 5.65 Å². The summed E-state index contributed by atoms with van der Waals surface area (Å²) in [5.41, 5.74) is -0.369. The van der Waals surface area contributed by atoms with E-state index in [1.54, 1.807) is 20.0 Å². The Bertz CT molecular complexity index is 513. The predicted octanol–water partition coefficient (Wildman–Crippen LogP) is 2.36. The van der Waals surface area contributed by atoms with E-state index in [-0.39, 0.29) is 5.65 Å². The Morgan fingerprint density at radius 1 is 1.20 bits per heavy atom. The molecule has 0 unspecified atom stereocenters. The lowest BCUT2D eigenvalue weighted by atomic mass is 10.2. The van der Waals surface area contributed by atoms with Gasteiger partial charge in [-0.2, -0.15) is 13.2 Å². The van der Waals surface area contributed by atoms with E-state index in [0.29, 0.717) is 11.4 Å². The average Bonchev–Trinajstić information content (AvgIpc) is 2.45. The first kappa shape index (κ1) is 9.95. The smallest absolute Gasteiger partial charge is 0.286 e. The zero-order chi connectivity index (χ0) is 11.2. The molecule has 0 atom stereocenters. The van der Waals surface area contributed by atoms with Crippen LogP contribution < -0.4 is 0 Å². The van der Waals surface area contributed by atoms with Gasteiger partial charge in [-0.05, 0) is 25.5 Å². The molecule has 15 heavy (non-hydrogen) atoms. The lowest BCUT2D eigenvalue weighted by Gasteiger charge is -2.08. The number of halogens is 3. The summed E-state index contributed by atoms with van der Waals surface area (Å²) in [5.74, 6) is 0.444. The third-order valence-corrected chi connectivity index (χ3v) is 2.12. The highest BCUT2D eigenvalue weighted by molar-refractivity contribution is 5.50. The number of aromatic nitrogens is 3. The van der Waals surface area contributed by atoms with E-state index in [1.165, 1.54) is 4.40 Å². The Morgan fingerprint density at radius 3 is 2.47 bits per heavy atom. The van der Waals surface area contributed by atoms with Gasteiger partial charge in [-0.25, -0.2) is 0 Å². The van der Waals surface area contributed by atoms with Crippen molar-refractivity contribution in [2.75, 3.05) is 0 Å². The van der Waals surface area contributed by atoms with E-state index in [2.05, 4.69) is 10.2 Å². The van der Waals surface area contributed by atoms with Crippen LogP contribution >= 0.6 is 0 Å². The van der Waals surface area contributed by atoms with Gasteiger partial charge >= 0.3 is 6.18 Å². The van der Waals surface area contributed by atoms with Crippen LogP contribution in [0.1, 0.15) is 17.0 Å². The van der Waals surface area contributed by atoms with Crippen molar-refractivity contribution in [2.24, 2.45) is 0 Å². The topological polar surface area (TPSA) is 30.2 Å². The summed E-state index contributed by atoms with van der Waals surface area (Å²) in [5, 5.41) is 7.14. The molecule has 2 aromatic heterocycles. The summed E-state index contributed by atoms with van der Waals surface area (Å²) < 4.78 is 39.2. The van der Waals surface area contributed by atoms with Gasteiger partial charge in [0.2, 0.25) is 0 Å². The zero-order valence-corrected chi connectivity index (χ0v) is 8.13. The standard InChI is InChI=1S/C9H8F3N3/c1-5-3-7(9(10,11)12)8-14-13-6(2)15(8)4-5/h3-4H,1-2H3. The molecule has 80 valence electrons. The van der Waals surface area contributed by atoms with Crippen molar-refractivity contribution in [3.8, 4) is 0 Å². The molecule has 2 rings (SSSR count). The number of hydrogen-bond donors (Lipinski definition) is 0. The van der Waals surface area contributed by atoms with Crippen LogP contribution in [0.4, 0.5) is 13.2 Å². The van der Waals surface area contributed by atoms with E-state index in [4.69, 9.17) is 0 Å². The minimum atomic E-state index is -4.40. The van der Waals surface area contributed by atoms with Crippen LogP contribution in [-0.4, -0.2) is 14.6 Å². The summed E-state index contributed by atoms with van der Waals surface area (Å²) in [6.45, 7) is 3.22. The minimum absolute atomic E-state index is 0.148. The second-order valence-corrected chi connectivity index (χ2v) is 3.37. The lowest BCUT2D eigenvalue weighted by molar-refractivity contribution is -0.136. The maximum absolute atomic E-state index is 12.6. The molecule has 0 amide bonds.